The van der Waals surface area contributed by atoms with Crippen molar-refractivity contribution in [2.24, 2.45) is 0 Å². The molecule has 0 atom stereocenters. The second kappa shape index (κ2) is 10.1. The van der Waals surface area contributed by atoms with Gasteiger partial charge in [0.1, 0.15) is 0 Å². The Bertz CT molecular complexity index is 1170. The second-order valence-corrected chi connectivity index (χ2v) is 8.22. The molecule has 2 amide bonds. The first-order valence-corrected chi connectivity index (χ1v) is 11.1. The summed E-state index contributed by atoms with van der Waals surface area (Å²) in [6.45, 7) is 1.14. The molecule has 4 nitrogen and oxygen atoms in total. The van der Waals surface area contributed by atoms with Crippen molar-refractivity contribution in [3.05, 3.63) is 107 Å². The number of urea groups is 1. The van der Waals surface area contributed by atoms with E-state index in [9.17, 15) is 4.79 Å². The van der Waals surface area contributed by atoms with Crippen LogP contribution >= 0.6 is 15.9 Å². The molecule has 31 heavy (non-hydrogen) atoms. The van der Waals surface area contributed by atoms with Gasteiger partial charge in [0.05, 0.1) is 0 Å². The van der Waals surface area contributed by atoms with E-state index in [0.717, 1.165) is 27.7 Å². The van der Waals surface area contributed by atoms with Gasteiger partial charge in [-0.2, -0.15) is 0 Å². The Morgan fingerprint density at radius 2 is 1.71 bits per heavy atom. The number of fused-ring (bicyclic) bond motifs is 1. The third-order valence-corrected chi connectivity index (χ3v) is 5.67. The molecule has 0 aliphatic rings. The van der Waals surface area contributed by atoms with E-state index in [1.165, 1.54) is 10.9 Å². The van der Waals surface area contributed by atoms with Crippen molar-refractivity contribution in [2.45, 2.75) is 6.42 Å². The van der Waals surface area contributed by atoms with E-state index >= 15 is 0 Å². The van der Waals surface area contributed by atoms with Crippen molar-refractivity contribution < 1.29 is 4.79 Å². The topological polar surface area (TPSA) is 48.1 Å². The number of hydrogen-bond acceptors (Lipinski definition) is 1. The van der Waals surface area contributed by atoms with Crippen LogP contribution in [0.25, 0.3) is 17.0 Å². The van der Waals surface area contributed by atoms with Crippen molar-refractivity contribution in [2.75, 3.05) is 18.4 Å². The van der Waals surface area contributed by atoms with E-state index in [1.807, 2.05) is 77.8 Å². The SMILES string of the molecule is O=C(Nc1ccc(Br)cc1)N(CC=Cc1ccccc1)CCc1c[nH]c2ccccc12. The fourth-order valence-electron chi connectivity index (χ4n) is 3.49. The fraction of sp³-hybridized carbons (Fsp3) is 0.115. The number of aromatic amines is 1. The lowest BCUT2D eigenvalue weighted by atomic mass is 10.1. The Hall–Kier alpha value is -3.31. The Morgan fingerprint density at radius 3 is 2.52 bits per heavy atom. The number of hydrogen-bond donors (Lipinski definition) is 2. The molecule has 5 heteroatoms. The van der Waals surface area contributed by atoms with Crippen LogP contribution in [-0.2, 0) is 6.42 Å². The molecule has 3 aromatic carbocycles. The lowest BCUT2D eigenvalue weighted by Gasteiger charge is -2.22. The molecule has 4 rings (SSSR count). The third kappa shape index (κ3) is 5.64. The molecule has 0 saturated heterocycles. The first-order chi connectivity index (χ1) is 15.2. The average Bonchev–Trinajstić information content (AvgIpc) is 3.21. The van der Waals surface area contributed by atoms with Gasteiger partial charge >= 0.3 is 6.03 Å². The summed E-state index contributed by atoms with van der Waals surface area (Å²) in [5, 5.41) is 4.21. The number of para-hydroxylation sites is 1. The van der Waals surface area contributed by atoms with Gasteiger partial charge in [-0.3, -0.25) is 0 Å². The average molecular weight is 474 g/mol. The Labute approximate surface area is 190 Å². The highest BCUT2D eigenvalue weighted by molar-refractivity contribution is 9.10. The highest BCUT2D eigenvalue weighted by atomic mass is 79.9. The molecule has 0 fully saturated rings. The Morgan fingerprint density at radius 1 is 0.968 bits per heavy atom. The molecule has 156 valence electrons. The van der Waals surface area contributed by atoms with Crippen molar-refractivity contribution in [3.8, 4) is 0 Å². The highest BCUT2D eigenvalue weighted by Crippen LogP contribution is 2.19. The zero-order chi connectivity index (χ0) is 21.5. The molecule has 0 radical (unpaired) electrons. The van der Waals surface area contributed by atoms with Crippen LogP contribution in [-0.4, -0.2) is 29.0 Å². The largest absolute Gasteiger partial charge is 0.361 e. The van der Waals surface area contributed by atoms with E-state index in [1.54, 1.807) is 0 Å². The first-order valence-electron chi connectivity index (χ1n) is 10.3. The summed E-state index contributed by atoms with van der Waals surface area (Å²) in [4.78, 5) is 18.2. The standard InChI is InChI=1S/C26H24BrN3O/c27-22-12-14-23(15-13-22)29-26(31)30(17-6-9-20-7-2-1-3-8-20)18-16-21-19-28-25-11-5-4-10-24(21)25/h1-15,19,28H,16-18H2,(H,29,31). The Balaban J connectivity index is 1.47. The van der Waals surface area contributed by atoms with Crippen LogP contribution in [0.1, 0.15) is 11.1 Å². The van der Waals surface area contributed by atoms with E-state index in [0.29, 0.717) is 13.1 Å². The summed E-state index contributed by atoms with van der Waals surface area (Å²) in [7, 11) is 0. The molecular weight excluding hydrogens is 450 g/mol. The molecular formula is C26H24BrN3O. The minimum absolute atomic E-state index is 0.111. The molecule has 1 aromatic heterocycles. The number of carbonyl (C=O) groups is 1. The van der Waals surface area contributed by atoms with Crippen molar-refractivity contribution >= 4 is 44.6 Å². The molecule has 0 saturated carbocycles. The zero-order valence-electron chi connectivity index (χ0n) is 17.1. The van der Waals surface area contributed by atoms with E-state index in [2.05, 4.69) is 50.5 Å². The predicted molar refractivity (Wildman–Crippen MR) is 132 cm³/mol. The molecule has 0 bridgehead atoms. The van der Waals surface area contributed by atoms with E-state index in [-0.39, 0.29) is 6.03 Å². The summed E-state index contributed by atoms with van der Waals surface area (Å²) < 4.78 is 0.979. The van der Waals surface area contributed by atoms with Gasteiger partial charge in [0.15, 0.2) is 0 Å². The van der Waals surface area contributed by atoms with E-state index in [4.69, 9.17) is 0 Å². The number of H-pyrrole nitrogens is 1. The van der Waals surface area contributed by atoms with Gasteiger partial charge in [0, 0.05) is 40.3 Å². The normalized spacial score (nSPS) is 11.1. The van der Waals surface area contributed by atoms with Gasteiger partial charge in [-0.25, -0.2) is 4.79 Å². The maximum absolute atomic E-state index is 13.0. The van der Waals surface area contributed by atoms with Crippen molar-refractivity contribution in [3.63, 3.8) is 0 Å². The van der Waals surface area contributed by atoms with Crippen LogP contribution < -0.4 is 5.32 Å². The number of nitrogens with one attached hydrogen (secondary N) is 2. The van der Waals surface area contributed by atoms with Gasteiger partial charge in [0.25, 0.3) is 0 Å². The van der Waals surface area contributed by atoms with Gasteiger partial charge in [-0.05, 0) is 47.9 Å². The number of anilines is 1. The summed E-state index contributed by atoms with van der Waals surface area (Å²) in [5.74, 6) is 0. The monoisotopic (exact) mass is 473 g/mol. The first kappa shape index (κ1) is 20.9. The predicted octanol–water partition coefficient (Wildman–Crippen LogP) is 6.72. The number of halogens is 1. The molecule has 0 spiro atoms. The lowest BCUT2D eigenvalue weighted by molar-refractivity contribution is 0.218. The molecule has 2 N–H and O–H groups in total. The summed E-state index contributed by atoms with van der Waals surface area (Å²) in [6, 6.07) is 25.9. The quantitative estimate of drug-likeness (QED) is 0.307. The van der Waals surface area contributed by atoms with Crippen LogP contribution in [0.15, 0.2) is 95.6 Å². The fourth-order valence-corrected chi connectivity index (χ4v) is 3.75. The summed E-state index contributed by atoms with van der Waals surface area (Å²) >= 11 is 3.43. The minimum Gasteiger partial charge on any atom is -0.361 e. The zero-order valence-corrected chi connectivity index (χ0v) is 18.7. The Kier molecular flexibility index (Phi) is 6.85. The summed E-state index contributed by atoms with van der Waals surface area (Å²) in [5.41, 5.74) is 4.22. The molecule has 1 heterocycles. The lowest BCUT2D eigenvalue weighted by Crippen LogP contribution is -2.36. The second-order valence-electron chi connectivity index (χ2n) is 7.31. The molecule has 0 unspecified atom stereocenters. The van der Waals surface area contributed by atoms with Crippen molar-refractivity contribution in [1.29, 1.82) is 0 Å². The van der Waals surface area contributed by atoms with Crippen LogP contribution in [0.5, 0.6) is 0 Å². The number of rotatable bonds is 7. The van der Waals surface area contributed by atoms with Crippen molar-refractivity contribution in [1.82, 2.24) is 9.88 Å². The molecule has 0 aliphatic carbocycles. The molecule has 4 aromatic rings. The summed E-state index contributed by atoms with van der Waals surface area (Å²) in [6.07, 6.45) is 6.89. The van der Waals surface area contributed by atoms with Crippen LogP contribution in [0, 0.1) is 0 Å². The van der Waals surface area contributed by atoms with Crippen LogP contribution in [0.3, 0.4) is 0 Å². The third-order valence-electron chi connectivity index (χ3n) is 5.14. The van der Waals surface area contributed by atoms with E-state index < -0.39 is 0 Å². The number of carbonyl (C=O) groups excluding carboxylic acids is 1. The maximum atomic E-state index is 13.0. The van der Waals surface area contributed by atoms with Gasteiger partial charge in [0.2, 0.25) is 0 Å². The number of amides is 2. The van der Waals surface area contributed by atoms with Gasteiger partial charge < -0.3 is 15.2 Å². The minimum atomic E-state index is -0.111. The van der Waals surface area contributed by atoms with Gasteiger partial charge in [-0.15, -0.1) is 0 Å². The van der Waals surface area contributed by atoms with Crippen LogP contribution in [0.2, 0.25) is 0 Å². The smallest absolute Gasteiger partial charge is 0.322 e. The number of aromatic nitrogens is 1. The van der Waals surface area contributed by atoms with Crippen LogP contribution in [0.4, 0.5) is 10.5 Å². The number of benzene rings is 3. The van der Waals surface area contributed by atoms with Gasteiger partial charge in [-0.1, -0.05) is 76.6 Å². The maximum Gasteiger partial charge on any atom is 0.322 e. The number of nitrogens with zero attached hydrogens (tertiary/aromatic N) is 1. The molecule has 0 aliphatic heterocycles. The highest BCUT2D eigenvalue weighted by Gasteiger charge is 2.14.